The quantitative estimate of drug-likeness (QED) is 0.754. The van der Waals surface area contributed by atoms with Crippen LogP contribution in [-0.4, -0.2) is 38.4 Å². The number of tetrazole rings is 1. The molecule has 1 aromatic carbocycles. The summed E-state index contributed by atoms with van der Waals surface area (Å²) in [4.78, 5) is 11.9. The standard InChI is InChI=1S/C15H21N5OS/c1-3-12(13-7-5-4-6-8-13)11-16-14(21)9-10-22-15-17-18-19-20(15)2/h4-8,12H,3,9-11H2,1-2H3,(H,16,21). The Kier molecular flexibility index (Phi) is 6.39. The molecule has 1 N–H and O–H groups in total. The third kappa shape index (κ3) is 4.84. The van der Waals surface area contributed by atoms with E-state index in [1.54, 1.807) is 11.7 Å². The van der Waals surface area contributed by atoms with E-state index in [2.05, 4.69) is 39.9 Å². The van der Waals surface area contributed by atoms with Crippen LogP contribution < -0.4 is 5.32 Å². The molecule has 0 aliphatic rings. The zero-order valence-electron chi connectivity index (χ0n) is 12.9. The first-order valence-corrected chi connectivity index (χ1v) is 8.36. The molecule has 6 nitrogen and oxygen atoms in total. The van der Waals surface area contributed by atoms with Gasteiger partial charge in [-0.05, 0) is 22.4 Å². The maximum atomic E-state index is 11.9. The zero-order valence-corrected chi connectivity index (χ0v) is 13.7. The van der Waals surface area contributed by atoms with E-state index in [1.165, 1.54) is 17.3 Å². The molecule has 22 heavy (non-hydrogen) atoms. The van der Waals surface area contributed by atoms with Crippen molar-refractivity contribution in [2.75, 3.05) is 12.3 Å². The van der Waals surface area contributed by atoms with Crippen molar-refractivity contribution < 1.29 is 4.79 Å². The highest BCUT2D eigenvalue weighted by Gasteiger charge is 2.11. The molecule has 2 rings (SSSR count). The van der Waals surface area contributed by atoms with E-state index >= 15 is 0 Å². The molecule has 1 amide bonds. The summed E-state index contributed by atoms with van der Waals surface area (Å²) in [5.74, 6) is 1.10. The molecule has 0 spiro atoms. The van der Waals surface area contributed by atoms with Gasteiger partial charge in [-0.15, -0.1) is 5.10 Å². The summed E-state index contributed by atoms with van der Waals surface area (Å²) in [6, 6.07) is 10.3. The van der Waals surface area contributed by atoms with E-state index in [4.69, 9.17) is 0 Å². The van der Waals surface area contributed by atoms with Gasteiger partial charge in [0.2, 0.25) is 11.1 Å². The number of amides is 1. The van der Waals surface area contributed by atoms with Crippen LogP contribution in [0.3, 0.4) is 0 Å². The van der Waals surface area contributed by atoms with E-state index in [0.29, 0.717) is 24.6 Å². The van der Waals surface area contributed by atoms with Crippen molar-refractivity contribution in [1.29, 1.82) is 0 Å². The number of nitrogens with one attached hydrogen (secondary N) is 1. The average molecular weight is 319 g/mol. The molecule has 0 saturated heterocycles. The van der Waals surface area contributed by atoms with Gasteiger partial charge in [0, 0.05) is 31.7 Å². The van der Waals surface area contributed by atoms with Crippen molar-refractivity contribution in [2.24, 2.45) is 7.05 Å². The SMILES string of the molecule is CCC(CNC(=O)CCSc1nnnn1C)c1ccccc1. The number of rotatable bonds is 8. The van der Waals surface area contributed by atoms with Gasteiger partial charge in [-0.25, -0.2) is 4.68 Å². The molecule has 0 saturated carbocycles. The highest BCUT2D eigenvalue weighted by Crippen LogP contribution is 2.18. The molecule has 7 heteroatoms. The van der Waals surface area contributed by atoms with Crippen LogP contribution in [-0.2, 0) is 11.8 Å². The Labute approximate surface area is 134 Å². The van der Waals surface area contributed by atoms with Gasteiger partial charge in [0.15, 0.2) is 0 Å². The number of thioether (sulfide) groups is 1. The van der Waals surface area contributed by atoms with E-state index in [-0.39, 0.29) is 5.91 Å². The second-order valence-electron chi connectivity index (χ2n) is 5.00. The van der Waals surface area contributed by atoms with Gasteiger partial charge in [0.1, 0.15) is 0 Å². The predicted molar refractivity (Wildman–Crippen MR) is 86.6 cm³/mol. The Hall–Kier alpha value is -1.89. The predicted octanol–water partition coefficient (Wildman–Crippen LogP) is 2.00. The van der Waals surface area contributed by atoms with Gasteiger partial charge < -0.3 is 5.32 Å². The van der Waals surface area contributed by atoms with Gasteiger partial charge >= 0.3 is 0 Å². The van der Waals surface area contributed by atoms with E-state index in [0.717, 1.165) is 11.6 Å². The molecule has 2 aromatic rings. The first-order valence-electron chi connectivity index (χ1n) is 7.37. The molecule has 1 aromatic heterocycles. The van der Waals surface area contributed by atoms with Crippen molar-refractivity contribution in [1.82, 2.24) is 25.5 Å². The van der Waals surface area contributed by atoms with E-state index in [9.17, 15) is 4.79 Å². The van der Waals surface area contributed by atoms with Crippen LogP contribution in [0.2, 0.25) is 0 Å². The highest BCUT2D eigenvalue weighted by molar-refractivity contribution is 7.99. The number of carbonyl (C=O) groups is 1. The molecule has 1 heterocycles. The van der Waals surface area contributed by atoms with Gasteiger partial charge in [-0.3, -0.25) is 4.79 Å². The molecule has 1 atom stereocenters. The molecule has 118 valence electrons. The molecule has 0 radical (unpaired) electrons. The number of benzene rings is 1. The third-order valence-electron chi connectivity index (χ3n) is 3.45. The van der Waals surface area contributed by atoms with Crippen molar-refractivity contribution in [3.05, 3.63) is 35.9 Å². The van der Waals surface area contributed by atoms with Crippen molar-refractivity contribution in [3.8, 4) is 0 Å². The normalized spacial score (nSPS) is 12.1. The number of hydrogen-bond acceptors (Lipinski definition) is 5. The summed E-state index contributed by atoms with van der Waals surface area (Å²) < 4.78 is 1.60. The topological polar surface area (TPSA) is 72.7 Å². The lowest BCUT2D eigenvalue weighted by molar-refractivity contribution is -0.120. The van der Waals surface area contributed by atoms with Crippen LogP contribution in [0, 0.1) is 0 Å². The lowest BCUT2D eigenvalue weighted by atomic mass is 9.96. The van der Waals surface area contributed by atoms with E-state index < -0.39 is 0 Å². The minimum absolute atomic E-state index is 0.0667. The van der Waals surface area contributed by atoms with Crippen LogP contribution in [0.15, 0.2) is 35.5 Å². The minimum Gasteiger partial charge on any atom is -0.355 e. The molecular weight excluding hydrogens is 298 g/mol. The second-order valence-corrected chi connectivity index (χ2v) is 6.07. The van der Waals surface area contributed by atoms with Crippen molar-refractivity contribution >= 4 is 17.7 Å². The average Bonchev–Trinajstić information content (AvgIpc) is 2.94. The number of carbonyl (C=O) groups excluding carboxylic acids is 1. The van der Waals surface area contributed by atoms with Crippen molar-refractivity contribution in [2.45, 2.75) is 30.8 Å². The fourth-order valence-electron chi connectivity index (χ4n) is 2.13. The summed E-state index contributed by atoms with van der Waals surface area (Å²) in [6.45, 7) is 2.82. The molecule has 0 aliphatic carbocycles. The van der Waals surface area contributed by atoms with Crippen LogP contribution in [0.1, 0.15) is 31.2 Å². The Morgan fingerprint density at radius 1 is 1.36 bits per heavy atom. The van der Waals surface area contributed by atoms with Gasteiger partial charge in [0.05, 0.1) is 0 Å². The smallest absolute Gasteiger partial charge is 0.220 e. The van der Waals surface area contributed by atoms with Crippen LogP contribution in [0.25, 0.3) is 0 Å². The maximum absolute atomic E-state index is 11.9. The Bertz CT molecular complexity index is 587. The van der Waals surface area contributed by atoms with Gasteiger partial charge in [-0.1, -0.05) is 49.0 Å². The van der Waals surface area contributed by atoms with Crippen LogP contribution >= 0.6 is 11.8 Å². The number of hydrogen-bond donors (Lipinski definition) is 1. The monoisotopic (exact) mass is 319 g/mol. The maximum Gasteiger partial charge on any atom is 0.220 e. The first-order chi connectivity index (χ1) is 10.7. The second kappa shape index (κ2) is 8.53. The first kappa shape index (κ1) is 16.5. The Morgan fingerprint density at radius 2 is 2.14 bits per heavy atom. The Balaban J connectivity index is 1.71. The third-order valence-corrected chi connectivity index (χ3v) is 4.46. The number of aromatic nitrogens is 4. The number of aryl methyl sites for hydroxylation is 1. The fourth-order valence-corrected chi connectivity index (χ4v) is 2.91. The molecular formula is C15H21N5OS. The summed E-state index contributed by atoms with van der Waals surface area (Å²) >= 11 is 1.48. The molecule has 0 bridgehead atoms. The molecule has 1 unspecified atom stereocenters. The summed E-state index contributed by atoms with van der Waals surface area (Å²) in [5, 5.41) is 14.9. The summed E-state index contributed by atoms with van der Waals surface area (Å²) in [5.41, 5.74) is 1.27. The molecule has 0 fully saturated rings. The Morgan fingerprint density at radius 3 is 2.77 bits per heavy atom. The summed E-state index contributed by atoms with van der Waals surface area (Å²) in [7, 11) is 1.79. The van der Waals surface area contributed by atoms with E-state index in [1.807, 2.05) is 18.2 Å². The lowest BCUT2D eigenvalue weighted by Crippen LogP contribution is -2.28. The minimum atomic E-state index is 0.0667. The fraction of sp³-hybridized carbons (Fsp3) is 0.467. The summed E-state index contributed by atoms with van der Waals surface area (Å²) in [6.07, 6.45) is 1.46. The zero-order chi connectivity index (χ0) is 15.8. The van der Waals surface area contributed by atoms with Gasteiger partial charge in [0.25, 0.3) is 0 Å². The number of nitrogens with zero attached hydrogens (tertiary/aromatic N) is 4. The lowest BCUT2D eigenvalue weighted by Gasteiger charge is -2.16. The van der Waals surface area contributed by atoms with Crippen molar-refractivity contribution in [3.63, 3.8) is 0 Å². The van der Waals surface area contributed by atoms with Crippen LogP contribution in [0.4, 0.5) is 0 Å². The largest absolute Gasteiger partial charge is 0.355 e. The van der Waals surface area contributed by atoms with Gasteiger partial charge in [-0.2, -0.15) is 0 Å². The highest BCUT2D eigenvalue weighted by atomic mass is 32.2. The molecule has 0 aliphatic heterocycles. The van der Waals surface area contributed by atoms with Crippen LogP contribution in [0.5, 0.6) is 0 Å².